The van der Waals surface area contributed by atoms with Gasteiger partial charge in [-0.15, -0.1) is 0 Å². The van der Waals surface area contributed by atoms with E-state index in [1.807, 2.05) is 18.2 Å². The van der Waals surface area contributed by atoms with E-state index in [-0.39, 0.29) is 0 Å². The highest BCUT2D eigenvalue weighted by Crippen LogP contribution is 2.38. The zero-order valence-electron chi connectivity index (χ0n) is 13.2. The van der Waals surface area contributed by atoms with E-state index in [9.17, 15) is 0 Å². The highest BCUT2D eigenvalue weighted by molar-refractivity contribution is 6.00. The van der Waals surface area contributed by atoms with Crippen molar-refractivity contribution in [1.29, 1.82) is 0 Å². The minimum absolute atomic E-state index is 0.407. The number of allylic oxidation sites excluding steroid dienone is 3. The molecule has 0 unspecified atom stereocenters. The molecule has 0 spiro atoms. The van der Waals surface area contributed by atoms with Crippen LogP contribution in [0.15, 0.2) is 59.3 Å². The Hall–Kier alpha value is -2.13. The molecule has 1 aliphatic carbocycles. The molecule has 114 valence electrons. The average Bonchev–Trinajstić information content (AvgIpc) is 2.56. The minimum atomic E-state index is 0.407. The van der Waals surface area contributed by atoms with Crippen LogP contribution in [0.4, 0.5) is 5.69 Å². The van der Waals surface area contributed by atoms with E-state index >= 15 is 0 Å². The van der Waals surface area contributed by atoms with Crippen molar-refractivity contribution in [3.8, 4) is 0 Å². The molecule has 22 heavy (non-hydrogen) atoms. The molecular formula is C19H23N3. The first-order valence-corrected chi connectivity index (χ1v) is 8.02. The Morgan fingerprint density at radius 3 is 2.77 bits per heavy atom. The molecule has 3 rings (SSSR count). The summed E-state index contributed by atoms with van der Waals surface area (Å²) in [6.07, 6.45) is 9.04. The first kappa shape index (κ1) is 14.8. The summed E-state index contributed by atoms with van der Waals surface area (Å²) in [6.45, 7) is 6.95. The summed E-state index contributed by atoms with van der Waals surface area (Å²) in [5.74, 6) is 0.874. The van der Waals surface area contributed by atoms with Crippen LogP contribution in [0, 0.1) is 0 Å². The summed E-state index contributed by atoms with van der Waals surface area (Å²) in [4.78, 5) is 6.91. The van der Waals surface area contributed by atoms with Crippen LogP contribution >= 0.6 is 0 Å². The number of benzene rings is 1. The molecule has 2 N–H and O–H groups in total. The van der Waals surface area contributed by atoms with Crippen molar-refractivity contribution < 1.29 is 0 Å². The number of hydrogen-bond donors (Lipinski definition) is 1. The van der Waals surface area contributed by atoms with Crippen LogP contribution in [0.5, 0.6) is 0 Å². The molecule has 0 saturated heterocycles. The topological polar surface area (TPSA) is 41.6 Å². The van der Waals surface area contributed by atoms with E-state index in [4.69, 9.17) is 10.7 Å². The van der Waals surface area contributed by atoms with Crippen LogP contribution in [0.3, 0.4) is 0 Å². The predicted molar refractivity (Wildman–Crippen MR) is 93.8 cm³/mol. The molecule has 0 radical (unpaired) electrons. The third kappa shape index (κ3) is 2.53. The lowest BCUT2D eigenvalue weighted by molar-refractivity contribution is 0.672. The van der Waals surface area contributed by atoms with E-state index in [0.717, 1.165) is 48.5 Å². The zero-order valence-corrected chi connectivity index (χ0v) is 13.2. The second-order valence-electron chi connectivity index (χ2n) is 5.68. The first-order valence-electron chi connectivity index (χ1n) is 8.02. The van der Waals surface area contributed by atoms with Crippen molar-refractivity contribution in [2.45, 2.75) is 32.6 Å². The molecule has 1 heterocycles. The molecule has 1 aromatic carbocycles. The van der Waals surface area contributed by atoms with Crippen molar-refractivity contribution in [3.63, 3.8) is 0 Å². The Balaban J connectivity index is 2.05. The van der Waals surface area contributed by atoms with Crippen molar-refractivity contribution in [1.82, 2.24) is 4.90 Å². The largest absolute Gasteiger partial charge is 0.324 e. The summed E-state index contributed by atoms with van der Waals surface area (Å²) < 4.78 is 0. The van der Waals surface area contributed by atoms with E-state index in [2.05, 4.69) is 36.6 Å². The molecule has 0 atom stereocenters. The van der Waals surface area contributed by atoms with Crippen LogP contribution < -0.4 is 5.73 Å². The van der Waals surface area contributed by atoms with Crippen molar-refractivity contribution in [2.75, 3.05) is 6.54 Å². The van der Waals surface area contributed by atoms with E-state index in [1.54, 1.807) is 0 Å². The van der Waals surface area contributed by atoms with Gasteiger partial charge < -0.3 is 5.73 Å². The van der Waals surface area contributed by atoms with Crippen LogP contribution in [-0.2, 0) is 0 Å². The lowest BCUT2D eigenvalue weighted by atomic mass is 9.96. The number of aliphatic imine (C=N–C) groups is 1. The monoisotopic (exact) mass is 293 g/mol. The smallest absolute Gasteiger partial charge is 0.128 e. The van der Waals surface area contributed by atoms with Gasteiger partial charge in [0.15, 0.2) is 0 Å². The molecular weight excluding hydrogens is 270 g/mol. The molecule has 0 saturated carbocycles. The van der Waals surface area contributed by atoms with Gasteiger partial charge in [-0.1, -0.05) is 50.3 Å². The Bertz CT molecular complexity index is 680. The highest BCUT2D eigenvalue weighted by Gasteiger charge is 2.27. The van der Waals surface area contributed by atoms with Crippen molar-refractivity contribution in [2.24, 2.45) is 10.7 Å². The molecule has 0 bridgehead atoms. The lowest BCUT2D eigenvalue weighted by Gasteiger charge is -2.35. The average molecular weight is 293 g/mol. The summed E-state index contributed by atoms with van der Waals surface area (Å²) >= 11 is 0. The third-order valence-corrected chi connectivity index (χ3v) is 4.16. The number of rotatable bonds is 4. The van der Waals surface area contributed by atoms with Gasteiger partial charge in [0.05, 0.1) is 12.2 Å². The number of nitrogens with zero attached hydrogens (tertiary/aromatic N) is 2. The fourth-order valence-electron chi connectivity index (χ4n) is 3.15. The van der Waals surface area contributed by atoms with Gasteiger partial charge in [-0.25, -0.2) is 4.99 Å². The van der Waals surface area contributed by atoms with Gasteiger partial charge >= 0.3 is 0 Å². The maximum atomic E-state index is 5.98. The van der Waals surface area contributed by atoms with Crippen LogP contribution in [-0.4, -0.2) is 17.3 Å². The maximum absolute atomic E-state index is 5.98. The number of fused-ring (bicyclic) bond motifs is 1. The van der Waals surface area contributed by atoms with Gasteiger partial charge in [0.25, 0.3) is 0 Å². The number of para-hydroxylation sites is 1. The molecule has 0 fully saturated rings. The fourth-order valence-corrected chi connectivity index (χ4v) is 3.15. The Morgan fingerprint density at radius 1 is 1.23 bits per heavy atom. The number of amidine groups is 1. The summed E-state index contributed by atoms with van der Waals surface area (Å²) in [6, 6.07) is 8.13. The predicted octanol–water partition coefficient (Wildman–Crippen LogP) is 4.37. The summed E-state index contributed by atoms with van der Waals surface area (Å²) in [5, 5.41) is 0. The molecule has 2 aliphatic rings. The van der Waals surface area contributed by atoms with E-state index < -0.39 is 0 Å². The van der Waals surface area contributed by atoms with E-state index in [0.29, 0.717) is 6.54 Å². The maximum Gasteiger partial charge on any atom is 0.128 e. The summed E-state index contributed by atoms with van der Waals surface area (Å²) in [7, 11) is 0. The van der Waals surface area contributed by atoms with Gasteiger partial charge in [0.2, 0.25) is 0 Å². The quantitative estimate of drug-likeness (QED) is 0.895. The molecule has 0 aromatic heterocycles. The van der Waals surface area contributed by atoms with Gasteiger partial charge in [-0.3, -0.25) is 4.90 Å². The second-order valence-corrected chi connectivity index (χ2v) is 5.68. The SMILES string of the molecule is C=C1c2ccccc2N=C(CN)N1C1=CCCC=C1CCC. The van der Waals surface area contributed by atoms with Gasteiger partial charge in [-0.2, -0.15) is 0 Å². The van der Waals surface area contributed by atoms with Crippen LogP contribution in [0.25, 0.3) is 5.70 Å². The van der Waals surface area contributed by atoms with E-state index in [1.165, 1.54) is 11.3 Å². The normalized spacial score (nSPS) is 17.6. The second kappa shape index (κ2) is 6.32. The van der Waals surface area contributed by atoms with Gasteiger partial charge in [0, 0.05) is 17.0 Å². The molecule has 1 aromatic rings. The van der Waals surface area contributed by atoms with Crippen molar-refractivity contribution in [3.05, 3.63) is 59.8 Å². The standard InChI is InChI=1S/C19H23N3/c1-3-8-15-9-4-7-12-18(15)22-14(2)16-10-5-6-11-17(16)21-19(22)13-20/h5-6,9-12H,2-4,7-8,13,20H2,1H3. The van der Waals surface area contributed by atoms with Crippen LogP contribution in [0.2, 0.25) is 0 Å². The van der Waals surface area contributed by atoms with Crippen LogP contribution in [0.1, 0.15) is 38.2 Å². The molecule has 3 nitrogen and oxygen atoms in total. The summed E-state index contributed by atoms with van der Waals surface area (Å²) in [5.41, 5.74) is 11.6. The Kier molecular flexibility index (Phi) is 4.25. The zero-order chi connectivity index (χ0) is 15.5. The number of hydrogen-bond acceptors (Lipinski definition) is 3. The minimum Gasteiger partial charge on any atom is -0.324 e. The highest BCUT2D eigenvalue weighted by atomic mass is 15.2. The lowest BCUT2D eigenvalue weighted by Crippen LogP contribution is -2.36. The molecule has 1 aliphatic heterocycles. The van der Waals surface area contributed by atoms with Gasteiger partial charge in [0.1, 0.15) is 5.84 Å². The first-order chi connectivity index (χ1) is 10.8. The third-order valence-electron chi connectivity index (χ3n) is 4.16. The Labute approximate surface area is 132 Å². The number of nitrogens with two attached hydrogens (primary N) is 1. The molecule has 0 amide bonds. The Morgan fingerprint density at radius 2 is 2.00 bits per heavy atom. The van der Waals surface area contributed by atoms with Crippen molar-refractivity contribution >= 4 is 17.2 Å². The van der Waals surface area contributed by atoms with Gasteiger partial charge in [-0.05, 0) is 30.9 Å². The fraction of sp³-hybridized carbons (Fsp3) is 0.316. The molecule has 3 heteroatoms.